The number of benzene rings is 2. The number of hydrogen-bond donors (Lipinski definition) is 0. The van der Waals surface area contributed by atoms with Crippen LogP contribution in [0, 0.1) is 36.0 Å². The first-order valence-electron chi connectivity index (χ1n) is 8.53. The highest BCUT2D eigenvalue weighted by Gasteiger charge is 2.30. The largest absolute Gasteiger partial charge is 0.489 e. The molecule has 0 spiro atoms. The predicted octanol–water partition coefficient (Wildman–Crippen LogP) is 5.95. The molecular weight excluding hydrogens is 427 g/mol. The van der Waals surface area contributed by atoms with E-state index in [1.54, 1.807) is 13.0 Å². The van der Waals surface area contributed by atoms with Crippen LogP contribution in [0.5, 0.6) is 11.5 Å². The second-order valence-electron chi connectivity index (χ2n) is 6.41. The summed E-state index contributed by atoms with van der Waals surface area (Å²) in [5.74, 6) is -10.3. The number of halogens is 5. The summed E-state index contributed by atoms with van der Waals surface area (Å²) in [6.07, 6.45) is 1.59. The molecule has 1 aliphatic rings. The molecule has 0 aliphatic carbocycles. The fraction of sp³-hybridized carbons (Fsp3) is 0.0952. The van der Waals surface area contributed by atoms with Gasteiger partial charge in [-0.1, -0.05) is 6.07 Å². The lowest BCUT2D eigenvalue weighted by molar-refractivity contribution is 0.101. The molecule has 3 nitrogen and oxygen atoms in total. The smallest absolute Gasteiger partial charge is 0.232 e. The Hall–Kier alpha value is -3.20. The molecule has 0 amide bonds. The number of allylic oxidation sites excluding steroid dienone is 1. The zero-order valence-electron chi connectivity index (χ0n) is 15.2. The van der Waals surface area contributed by atoms with E-state index in [1.807, 2.05) is 17.5 Å². The van der Waals surface area contributed by atoms with Crippen LogP contribution in [0.3, 0.4) is 0 Å². The van der Waals surface area contributed by atoms with E-state index in [4.69, 9.17) is 9.47 Å². The third kappa shape index (κ3) is 3.35. The molecule has 1 aromatic heterocycles. The molecule has 1 aliphatic heterocycles. The third-order valence-corrected chi connectivity index (χ3v) is 5.26. The van der Waals surface area contributed by atoms with Gasteiger partial charge in [-0.25, -0.2) is 22.0 Å². The van der Waals surface area contributed by atoms with E-state index in [0.29, 0.717) is 11.1 Å². The van der Waals surface area contributed by atoms with Gasteiger partial charge >= 0.3 is 0 Å². The molecule has 0 saturated heterocycles. The van der Waals surface area contributed by atoms with E-state index in [0.717, 1.165) is 4.88 Å². The van der Waals surface area contributed by atoms with Crippen LogP contribution in [0.15, 0.2) is 35.4 Å². The van der Waals surface area contributed by atoms with Crippen LogP contribution in [0.4, 0.5) is 22.0 Å². The standard InChI is InChI=1S/C21H11F5O3S/c1-9-5-10(28-8-12-16(22)18(24)20(26)19(25)17(12)23)6-13-15(9)21(27)14(29-13)7-11-3-2-4-30-11/h2-7H,8H2,1H3/b14-7-. The van der Waals surface area contributed by atoms with E-state index in [-0.39, 0.29) is 23.0 Å². The van der Waals surface area contributed by atoms with Gasteiger partial charge in [0.15, 0.2) is 29.0 Å². The Labute approximate surface area is 171 Å². The number of thiophene rings is 1. The van der Waals surface area contributed by atoms with Gasteiger partial charge in [0.2, 0.25) is 11.6 Å². The second kappa shape index (κ2) is 7.56. The predicted molar refractivity (Wildman–Crippen MR) is 99.0 cm³/mol. The van der Waals surface area contributed by atoms with Crippen LogP contribution in [0.25, 0.3) is 6.08 Å². The topological polar surface area (TPSA) is 35.5 Å². The minimum Gasteiger partial charge on any atom is -0.489 e. The number of aryl methyl sites for hydroxylation is 1. The average Bonchev–Trinajstić information content (AvgIpc) is 3.33. The summed E-state index contributed by atoms with van der Waals surface area (Å²) < 4.78 is 78.3. The molecule has 4 rings (SSSR count). The van der Waals surface area contributed by atoms with Gasteiger partial charge in [0, 0.05) is 17.0 Å². The summed E-state index contributed by atoms with van der Waals surface area (Å²) in [7, 11) is 0. The zero-order chi connectivity index (χ0) is 21.6. The first kappa shape index (κ1) is 20.1. The van der Waals surface area contributed by atoms with Gasteiger partial charge in [0.05, 0.1) is 11.1 Å². The summed E-state index contributed by atoms with van der Waals surface area (Å²) in [6.45, 7) is 0.704. The van der Waals surface area contributed by atoms with Crippen LogP contribution in [-0.4, -0.2) is 5.78 Å². The quantitative estimate of drug-likeness (QED) is 0.219. The van der Waals surface area contributed by atoms with Gasteiger partial charge in [-0.05, 0) is 30.0 Å². The Morgan fingerprint density at radius 1 is 1.03 bits per heavy atom. The number of carbonyl (C=O) groups is 1. The second-order valence-corrected chi connectivity index (χ2v) is 7.38. The maximum Gasteiger partial charge on any atom is 0.232 e. The molecular formula is C21H11F5O3S. The molecule has 2 heterocycles. The maximum atomic E-state index is 13.8. The highest BCUT2D eigenvalue weighted by atomic mass is 32.1. The van der Waals surface area contributed by atoms with E-state index in [1.165, 1.54) is 23.5 Å². The summed E-state index contributed by atoms with van der Waals surface area (Å²) in [6, 6.07) is 6.37. The molecule has 0 unspecified atom stereocenters. The van der Waals surface area contributed by atoms with Crippen molar-refractivity contribution in [1.82, 2.24) is 0 Å². The number of carbonyl (C=O) groups excluding carboxylic acids is 1. The summed E-state index contributed by atoms with van der Waals surface area (Å²) >= 11 is 1.42. The van der Waals surface area contributed by atoms with E-state index >= 15 is 0 Å². The van der Waals surface area contributed by atoms with Crippen molar-refractivity contribution < 1.29 is 36.2 Å². The van der Waals surface area contributed by atoms with Gasteiger partial charge in [-0.3, -0.25) is 4.79 Å². The molecule has 9 heteroatoms. The summed E-state index contributed by atoms with van der Waals surface area (Å²) in [5.41, 5.74) is -0.319. The molecule has 0 fully saturated rings. The minimum absolute atomic E-state index is 0.0420. The van der Waals surface area contributed by atoms with Crippen molar-refractivity contribution >= 4 is 23.2 Å². The van der Waals surface area contributed by atoms with Gasteiger partial charge in [-0.2, -0.15) is 0 Å². The lowest BCUT2D eigenvalue weighted by Gasteiger charge is -2.11. The van der Waals surface area contributed by atoms with Crippen LogP contribution in [0.2, 0.25) is 0 Å². The van der Waals surface area contributed by atoms with Crippen molar-refractivity contribution in [3.63, 3.8) is 0 Å². The van der Waals surface area contributed by atoms with E-state index < -0.39 is 41.3 Å². The number of hydrogen-bond acceptors (Lipinski definition) is 4. The molecule has 0 saturated carbocycles. The van der Waals surface area contributed by atoms with Crippen molar-refractivity contribution in [2.45, 2.75) is 13.5 Å². The SMILES string of the molecule is Cc1cc(OCc2c(F)c(F)c(F)c(F)c2F)cc2c1C(=O)/C(=C/c1cccs1)O2. The summed E-state index contributed by atoms with van der Waals surface area (Å²) in [4.78, 5) is 13.4. The monoisotopic (exact) mass is 438 g/mol. The van der Waals surface area contributed by atoms with Crippen molar-refractivity contribution in [2.24, 2.45) is 0 Å². The third-order valence-electron chi connectivity index (χ3n) is 4.44. The number of ether oxygens (including phenoxy) is 2. The summed E-state index contributed by atoms with van der Waals surface area (Å²) in [5, 5.41) is 1.84. The molecule has 154 valence electrons. The molecule has 3 aromatic rings. The molecule has 0 N–H and O–H groups in total. The van der Waals surface area contributed by atoms with Crippen LogP contribution < -0.4 is 9.47 Å². The Morgan fingerprint density at radius 2 is 1.70 bits per heavy atom. The lowest BCUT2D eigenvalue weighted by Crippen LogP contribution is -2.10. The highest BCUT2D eigenvalue weighted by molar-refractivity contribution is 7.10. The number of Topliss-reactive ketones (excluding diaryl/α,β-unsaturated/α-hetero) is 1. The fourth-order valence-corrected chi connectivity index (χ4v) is 3.64. The van der Waals surface area contributed by atoms with Crippen LogP contribution in [0.1, 0.15) is 26.4 Å². The normalized spacial score (nSPS) is 14.2. The molecule has 0 atom stereocenters. The lowest BCUT2D eigenvalue weighted by atomic mass is 10.0. The van der Waals surface area contributed by atoms with Crippen LogP contribution >= 0.6 is 11.3 Å². The minimum atomic E-state index is -2.24. The Bertz CT molecular complexity index is 1170. The Kier molecular flexibility index (Phi) is 5.07. The van der Waals surface area contributed by atoms with Crippen molar-refractivity contribution in [3.8, 4) is 11.5 Å². The van der Waals surface area contributed by atoms with E-state index in [2.05, 4.69) is 0 Å². The molecule has 2 aromatic carbocycles. The highest BCUT2D eigenvalue weighted by Crippen LogP contribution is 2.38. The number of ketones is 1. The fourth-order valence-electron chi connectivity index (χ4n) is 3.00. The molecule has 30 heavy (non-hydrogen) atoms. The van der Waals surface area contributed by atoms with Gasteiger partial charge in [0.25, 0.3) is 0 Å². The Balaban J connectivity index is 1.61. The zero-order valence-corrected chi connectivity index (χ0v) is 16.0. The average molecular weight is 438 g/mol. The molecule has 0 bridgehead atoms. The van der Waals surface area contributed by atoms with Gasteiger partial charge < -0.3 is 9.47 Å². The van der Waals surface area contributed by atoms with E-state index in [9.17, 15) is 26.7 Å². The maximum absolute atomic E-state index is 13.8. The Morgan fingerprint density at radius 3 is 2.33 bits per heavy atom. The number of rotatable bonds is 4. The van der Waals surface area contributed by atoms with Gasteiger partial charge in [-0.15, -0.1) is 11.3 Å². The van der Waals surface area contributed by atoms with Gasteiger partial charge in [0.1, 0.15) is 18.1 Å². The van der Waals surface area contributed by atoms with Crippen LogP contribution in [-0.2, 0) is 6.61 Å². The van der Waals surface area contributed by atoms with Crippen molar-refractivity contribution in [2.75, 3.05) is 0 Å². The van der Waals surface area contributed by atoms with Crippen molar-refractivity contribution in [3.05, 3.63) is 86.1 Å². The number of fused-ring (bicyclic) bond motifs is 1. The first-order chi connectivity index (χ1) is 14.3. The first-order valence-corrected chi connectivity index (χ1v) is 9.41. The van der Waals surface area contributed by atoms with Crippen molar-refractivity contribution in [1.29, 1.82) is 0 Å². The molecule has 0 radical (unpaired) electrons.